The molecule has 0 aromatic carbocycles. The smallest absolute Gasteiger partial charge is 0.135 e. The summed E-state index contributed by atoms with van der Waals surface area (Å²) in [5.41, 5.74) is 0. The number of ketones is 1. The van der Waals surface area contributed by atoms with E-state index in [1.54, 1.807) is 0 Å². The fourth-order valence-electron chi connectivity index (χ4n) is 4.13. The number of Topliss-reactive ketones (excluding diaryl/α,β-unsaturated/α-hetero) is 1. The molecule has 4 unspecified atom stereocenters. The van der Waals surface area contributed by atoms with E-state index in [-0.39, 0.29) is 6.10 Å². The summed E-state index contributed by atoms with van der Waals surface area (Å²) in [5.74, 6) is 2.04. The molecule has 17 heavy (non-hydrogen) atoms. The van der Waals surface area contributed by atoms with Crippen molar-refractivity contribution in [2.45, 2.75) is 57.1 Å². The molecule has 1 saturated heterocycles. The van der Waals surface area contributed by atoms with Crippen molar-refractivity contribution in [3.8, 4) is 0 Å². The van der Waals surface area contributed by atoms with Gasteiger partial charge in [0.05, 0.1) is 6.10 Å². The Kier molecular flexibility index (Phi) is 3.22. The molecular formula is C14H23NO2. The molecule has 2 saturated carbocycles. The highest BCUT2D eigenvalue weighted by Gasteiger charge is 2.40. The van der Waals surface area contributed by atoms with Gasteiger partial charge in [-0.25, -0.2) is 0 Å². The van der Waals surface area contributed by atoms with Crippen LogP contribution in [0.1, 0.15) is 44.9 Å². The van der Waals surface area contributed by atoms with Crippen molar-refractivity contribution >= 4 is 5.78 Å². The van der Waals surface area contributed by atoms with Crippen molar-refractivity contribution < 1.29 is 9.90 Å². The average molecular weight is 237 g/mol. The third-order valence-corrected chi connectivity index (χ3v) is 5.13. The quantitative estimate of drug-likeness (QED) is 0.753. The van der Waals surface area contributed by atoms with Gasteiger partial charge in [0, 0.05) is 32.0 Å². The number of nitrogens with zero attached hydrogens (tertiary/aromatic N) is 1. The highest BCUT2D eigenvalue weighted by Crippen LogP contribution is 2.44. The molecule has 2 aliphatic carbocycles. The van der Waals surface area contributed by atoms with Crippen LogP contribution in [-0.4, -0.2) is 41.0 Å². The van der Waals surface area contributed by atoms with Gasteiger partial charge >= 0.3 is 0 Å². The number of hydrogen-bond donors (Lipinski definition) is 1. The Morgan fingerprint density at radius 1 is 1.00 bits per heavy atom. The maximum atomic E-state index is 11.3. The number of likely N-dealkylation sites (tertiary alicyclic amines) is 1. The third kappa shape index (κ3) is 2.41. The van der Waals surface area contributed by atoms with Gasteiger partial charge in [-0.15, -0.1) is 0 Å². The van der Waals surface area contributed by atoms with E-state index >= 15 is 0 Å². The largest absolute Gasteiger partial charge is 0.393 e. The maximum absolute atomic E-state index is 11.3. The predicted octanol–water partition coefficient (Wildman–Crippen LogP) is 1.59. The lowest BCUT2D eigenvalue weighted by atomic mass is 9.80. The summed E-state index contributed by atoms with van der Waals surface area (Å²) in [5, 5.41) is 9.73. The SMILES string of the molecule is O=C1CCN(C2CC3CCC(O)CC3C2)CC1. The molecule has 3 fully saturated rings. The molecule has 3 heteroatoms. The molecule has 3 aliphatic rings. The number of piperidine rings is 1. The van der Waals surface area contributed by atoms with Crippen molar-refractivity contribution in [2.75, 3.05) is 13.1 Å². The van der Waals surface area contributed by atoms with Gasteiger partial charge in [0.25, 0.3) is 0 Å². The second-order valence-electron chi connectivity index (χ2n) is 6.19. The number of rotatable bonds is 1. The van der Waals surface area contributed by atoms with Gasteiger partial charge in [-0.2, -0.15) is 0 Å². The Labute approximate surface area is 103 Å². The van der Waals surface area contributed by atoms with Gasteiger partial charge in [-0.1, -0.05) is 0 Å². The topological polar surface area (TPSA) is 40.5 Å². The van der Waals surface area contributed by atoms with E-state index in [1.807, 2.05) is 0 Å². The van der Waals surface area contributed by atoms with Gasteiger partial charge in [0.15, 0.2) is 0 Å². The molecule has 96 valence electrons. The minimum atomic E-state index is -0.0436. The normalized spacial score (nSPS) is 43.7. The van der Waals surface area contributed by atoms with Gasteiger partial charge < -0.3 is 5.11 Å². The summed E-state index contributed by atoms with van der Waals surface area (Å²) in [7, 11) is 0. The third-order valence-electron chi connectivity index (χ3n) is 5.13. The van der Waals surface area contributed by atoms with Crippen LogP contribution in [0.15, 0.2) is 0 Å². The highest BCUT2D eigenvalue weighted by molar-refractivity contribution is 5.79. The second-order valence-corrected chi connectivity index (χ2v) is 6.19. The van der Waals surface area contributed by atoms with Crippen LogP contribution in [0.2, 0.25) is 0 Å². The van der Waals surface area contributed by atoms with Gasteiger partial charge in [-0.3, -0.25) is 9.69 Å². The van der Waals surface area contributed by atoms with Crippen LogP contribution < -0.4 is 0 Å². The molecule has 0 spiro atoms. The van der Waals surface area contributed by atoms with Crippen molar-refractivity contribution in [3.05, 3.63) is 0 Å². The summed E-state index contributed by atoms with van der Waals surface area (Å²) in [6.07, 6.45) is 7.29. The fraction of sp³-hybridized carbons (Fsp3) is 0.929. The van der Waals surface area contributed by atoms with E-state index in [2.05, 4.69) is 4.90 Å². The molecule has 3 nitrogen and oxygen atoms in total. The Morgan fingerprint density at radius 3 is 2.47 bits per heavy atom. The number of carbonyl (C=O) groups is 1. The summed E-state index contributed by atoms with van der Waals surface area (Å²) >= 11 is 0. The van der Waals surface area contributed by atoms with Crippen LogP contribution in [0.5, 0.6) is 0 Å². The number of aliphatic hydroxyl groups excluding tert-OH is 1. The Hall–Kier alpha value is -0.410. The summed E-state index contributed by atoms with van der Waals surface area (Å²) in [4.78, 5) is 13.8. The highest BCUT2D eigenvalue weighted by atomic mass is 16.3. The summed E-state index contributed by atoms with van der Waals surface area (Å²) in [6, 6.07) is 0.698. The van der Waals surface area contributed by atoms with Crippen molar-refractivity contribution in [3.63, 3.8) is 0 Å². The van der Waals surface area contributed by atoms with Gasteiger partial charge in [0.2, 0.25) is 0 Å². The number of carbonyl (C=O) groups excluding carboxylic acids is 1. The Morgan fingerprint density at radius 2 is 1.71 bits per heavy atom. The zero-order chi connectivity index (χ0) is 11.8. The molecule has 0 radical (unpaired) electrons. The first-order chi connectivity index (χ1) is 8.22. The summed E-state index contributed by atoms with van der Waals surface area (Å²) in [6.45, 7) is 1.96. The van der Waals surface area contributed by atoms with Crippen LogP contribution in [0.4, 0.5) is 0 Å². The standard InChI is InChI=1S/C14H23NO2/c16-13-3-5-15(6-4-13)12-7-10-1-2-14(17)9-11(10)8-12/h10-12,14,17H,1-9H2. The number of fused-ring (bicyclic) bond motifs is 1. The van der Waals surface area contributed by atoms with Crippen molar-refractivity contribution in [2.24, 2.45) is 11.8 Å². The Bertz CT molecular complexity index is 295. The van der Waals surface area contributed by atoms with E-state index in [0.717, 1.165) is 50.6 Å². The molecule has 1 N–H and O–H groups in total. The number of hydrogen-bond acceptors (Lipinski definition) is 3. The first-order valence-corrected chi connectivity index (χ1v) is 7.16. The van der Waals surface area contributed by atoms with Gasteiger partial charge in [-0.05, 0) is 43.9 Å². The molecular weight excluding hydrogens is 214 g/mol. The lowest BCUT2D eigenvalue weighted by Gasteiger charge is -2.31. The molecule has 1 heterocycles. The van der Waals surface area contributed by atoms with E-state index in [0.29, 0.717) is 11.8 Å². The van der Waals surface area contributed by atoms with Gasteiger partial charge in [0.1, 0.15) is 5.78 Å². The molecule has 0 amide bonds. The first kappa shape index (κ1) is 11.7. The molecule has 1 aliphatic heterocycles. The molecule has 0 aromatic heterocycles. The molecule has 0 aromatic rings. The van der Waals surface area contributed by atoms with E-state index < -0.39 is 0 Å². The Balaban J connectivity index is 1.58. The lowest BCUT2D eigenvalue weighted by molar-refractivity contribution is -0.121. The zero-order valence-electron chi connectivity index (χ0n) is 10.5. The fourth-order valence-corrected chi connectivity index (χ4v) is 4.13. The molecule has 0 bridgehead atoms. The minimum absolute atomic E-state index is 0.0436. The van der Waals surface area contributed by atoms with Crippen molar-refractivity contribution in [1.29, 1.82) is 0 Å². The maximum Gasteiger partial charge on any atom is 0.135 e. The van der Waals surface area contributed by atoms with E-state index in [9.17, 15) is 9.90 Å². The van der Waals surface area contributed by atoms with E-state index in [1.165, 1.54) is 19.3 Å². The molecule has 4 atom stereocenters. The second kappa shape index (κ2) is 4.69. The van der Waals surface area contributed by atoms with Crippen molar-refractivity contribution in [1.82, 2.24) is 4.90 Å². The van der Waals surface area contributed by atoms with E-state index in [4.69, 9.17) is 0 Å². The van der Waals surface area contributed by atoms with Crippen LogP contribution in [-0.2, 0) is 4.79 Å². The minimum Gasteiger partial charge on any atom is -0.393 e. The lowest BCUT2D eigenvalue weighted by Crippen LogP contribution is -2.40. The van der Waals surface area contributed by atoms with Crippen LogP contribution >= 0.6 is 0 Å². The monoisotopic (exact) mass is 237 g/mol. The number of aliphatic hydroxyl groups is 1. The average Bonchev–Trinajstić information content (AvgIpc) is 2.72. The molecule has 3 rings (SSSR count). The van der Waals surface area contributed by atoms with Crippen LogP contribution in [0, 0.1) is 11.8 Å². The van der Waals surface area contributed by atoms with Crippen LogP contribution in [0.25, 0.3) is 0 Å². The van der Waals surface area contributed by atoms with Crippen LogP contribution in [0.3, 0.4) is 0 Å². The predicted molar refractivity (Wildman–Crippen MR) is 65.7 cm³/mol. The first-order valence-electron chi connectivity index (χ1n) is 7.16. The summed E-state index contributed by atoms with van der Waals surface area (Å²) < 4.78 is 0. The zero-order valence-corrected chi connectivity index (χ0v) is 10.5.